The summed E-state index contributed by atoms with van der Waals surface area (Å²) in [7, 11) is 0. The van der Waals surface area contributed by atoms with Gasteiger partial charge in [-0.25, -0.2) is 0 Å². The number of ether oxygens (including phenoxy) is 1. The van der Waals surface area contributed by atoms with Crippen LogP contribution in [0.2, 0.25) is 5.02 Å². The Bertz CT molecular complexity index is 597. The highest BCUT2D eigenvalue weighted by molar-refractivity contribution is 9.10. The molecule has 1 atom stereocenters. The summed E-state index contributed by atoms with van der Waals surface area (Å²) in [6.45, 7) is 3.70. The Kier molecular flexibility index (Phi) is 4.50. The van der Waals surface area contributed by atoms with Gasteiger partial charge in [0.15, 0.2) is 0 Å². The summed E-state index contributed by atoms with van der Waals surface area (Å²) in [5, 5.41) is 10.1. The largest absolute Gasteiger partial charge is 0.455 e. The highest BCUT2D eigenvalue weighted by atomic mass is 79.9. The van der Waals surface area contributed by atoms with Gasteiger partial charge in [0.25, 0.3) is 0 Å². The van der Waals surface area contributed by atoms with E-state index in [2.05, 4.69) is 15.9 Å². The van der Waals surface area contributed by atoms with Gasteiger partial charge in [0.05, 0.1) is 15.6 Å². The lowest BCUT2D eigenvalue weighted by atomic mass is 10.1. The summed E-state index contributed by atoms with van der Waals surface area (Å²) in [5.41, 5.74) is 1.91. The summed E-state index contributed by atoms with van der Waals surface area (Å²) in [4.78, 5) is 0. The SMILES string of the molecule is Cc1ccc(Oc2ccc([C@@H](C)O)cc2Br)c(Cl)c1. The van der Waals surface area contributed by atoms with E-state index < -0.39 is 6.10 Å². The van der Waals surface area contributed by atoms with Crippen molar-refractivity contribution in [3.05, 3.63) is 57.0 Å². The number of benzene rings is 2. The third kappa shape index (κ3) is 3.50. The normalized spacial score (nSPS) is 12.3. The van der Waals surface area contributed by atoms with E-state index in [4.69, 9.17) is 16.3 Å². The molecule has 0 unspecified atom stereocenters. The molecule has 0 aliphatic rings. The highest BCUT2D eigenvalue weighted by Gasteiger charge is 2.09. The van der Waals surface area contributed by atoms with Gasteiger partial charge in [-0.1, -0.05) is 23.7 Å². The first kappa shape index (κ1) is 14.4. The van der Waals surface area contributed by atoms with Gasteiger partial charge < -0.3 is 9.84 Å². The average molecular weight is 342 g/mol. The second-order valence-electron chi connectivity index (χ2n) is 4.40. The minimum Gasteiger partial charge on any atom is -0.455 e. The Morgan fingerprint density at radius 1 is 1.16 bits per heavy atom. The monoisotopic (exact) mass is 340 g/mol. The van der Waals surface area contributed by atoms with Crippen LogP contribution in [-0.2, 0) is 0 Å². The second-order valence-corrected chi connectivity index (χ2v) is 5.66. The van der Waals surface area contributed by atoms with Gasteiger partial charge in [0.2, 0.25) is 0 Å². The van der Waals surface area contributed by atoms with Crippen LogP contribution in [0.15, 0.2) is 40.9 Å². The lowest BCUT2D eigenvalue weighted by Gasteiger charge is -2.12. The van der Waals surface area contributed by atoms with Crippen LogP contribution in [0.3, 0.4) is 0 Å². The van der Waals surface area contributed by atoms with Gasteiger partial charge in [0.1, 0.15) is 11.5 Å². The molecule has 0 saturated heterocycles. The molecule has 4 heteroatoms. The van der Waals surface area contributed by atoms with Crippen molar-refractivity contribution in [3.8, 4) is 11.5 Å². The van der Waals surface area contributed by atoms with Crippen molar-refractivity contribution in [2.24, 2.45) is 0 Å². The van der Waals surface area contributed by atoms with Crippen molar-refractivity contribution in [3.63, 3.8) is 0 Å². The third-order valence-electron chi connectivity index (χ3n) is 2.75. The maximum Gasteiger partial charge on any atom is 0.146 e. The number of hydrogen-bond donors (Lipinski definition) is 1. The molecule has 0 heterocycles. The average Bonchev–Trinajstić information content (AvgIpc) is 2.34. The molecule has 0 aromatic heterocycles. The van der Waals surface area contributed by atoms with Gasteiger partial charge in [-0.15, -0.1) is 0 Å². The minimum atomic E-state index is -0.506. The number of halogens is 2. The summed E-state index contributed by atoms with van der Waals surface area (Å²) in [6, 6.07) is 11.1. The van der Waals surface area contributed by atoms with Crippen LogP contribution in [0, 0.1) is 6.92 Å². The molecular formula is C15H14BrClO2. The Morgan fingerprint density at radius 3 is 2.42 bits per heavy atom. The van der Waals surface area contributed by atoms with Crippen molar-refractivity contribution in [1.82, 2.24) is 0 Å². The van der Waals surface area contributed by atoms with Crippen molar-refractivity contribution < 1.29 is 9.84 Å². The molecule has 0 amide bonds. The number of aliphatic hydroxyl groups excluding tert-OH is 1. The van der Waals surface area contributed by atoms with Crippen molar-refractivity contribution in [2.45, 2.75) is 20.0 Å². The molecule has 2 rings (SSSR count). The van der Waals surface area contributed by atoms with E-state index in [1.807, 2.05) is 43.3 Å². The lowest BCUT2D eigenvalue weighted by molar-refractivity contribution is 0.199. The zero-order chi connectivity index (χ0) is 14.0. The molecule has 19 heavy (non-hydrogen) atoms. The van der Waals surface area contributed by atoms with Gasteiger partial charge in [-0.05, 0) is 65.2 Å². The third-order valence-corrected chi connectivity index (χ3v) is 3.66. The fraction of sp³-hybridized carbons (Fsp3) is 0.200. The van der Waals surface area contributed by atoms with Crippen LogP contribution < -0.4 is 4.74 Å². The van der Waals surface area contributed by atoms with E-state index >= 15 is 0 Å². The van der Waals surface area contributed by atoms with E-state index in [-0.39, 0.29) is 0 Å². The fourth-order valence-electron chi connectivity index (χ4n) is 1.67. The predicted octanol–water partition coefficient (Wildman–Crippen LogP) is 5.26. The van der Waals surface area contributed by atoms with Crippen LogP contribution in [0.4, 0.5) is 0 Å². The highest BCUT2D eigenvalue weighted by Crippen LogP contribution is 2.35. The Labute approximate surface area is 126 Å². The first-order valence-corrected chi connectivity index (χ1v) is 7.06. The van der Waals surface area contributed by atoms with Crippen LogP contribution in [0.25, 0.3) is 0 Å². The van der Waals surface area contributed by atoms with E-state index in [9.17, 15) is 5.11 Å². The number of rotatable bonds is 3. The first-order chi connectivity index (χ1) is 8.97. The van der Waals surface area contributed by atoms with Gasteiger partial charge in [-0.3, -0.25) is 0 Å². The molecule has 0 spiro atoms. The zero-order valence-corrected chi connectivity index (χ0v) is 13.0. The number of hydrogen-bond acceptors (Lipinski definition) is 2. The molecule has 0 radical (unpaired) electrons. The van der Waals surface area contributed by atoms with E-state index in [0.717, 1.165) is 15.6 Å². The summed E-state index contributed by atoms with van der Waals surface area (Å²) in [5.74, 6) is 1.27. The molecule has 100 valence electrons. The minimum absolute atomic E-state index is 0.506. The molecule has 1 N–H and O–H groups in total. The molecule has 2 aromatic rings. The summed E-state index contributed by atoms with van der Waals surface area (Å²) >= 11 is 9.57. The number of aliphatic hydroxyl groups is 1. The van der Waals surface area contributed by atoms with Gasteiger partial charge in [-0.2, -0.15) is 0 Å². The lowest BCUT2D eigenvalue weighted by Crippen LogP contribution is -1.93. The van der Waals surface area contributed by atoms with Crippen molar-refractivity contribution >= 4 is 27.5 Å². The molecule has 0 aliphatic carbocycles. The zero-order valence-electron chi connectivity index (χ0n) is 10.7. The first-order valence-electron chi connectivity index (χ1n) is 5.89. The smallest absolute Gasteiger partial charge is 0.146 e. The predicted molar refractivity (Wildman–Crippen MR) is 81.0 cm³/mol. The maximum atomic E-state index is 9.52. The van der Waals surface area contributed by atoms with Crippen LogP contribution in [0.1, 0.15) is 24.2 Å². The Balaban J connectivity index is 2.28. The van der Waals surface area contributed by atoms with Crippen LogP contribution in [-0.4, -0.2) is 5.11 Å². The number of aryl methyl sites for hydroxylation is 1. The molecule has 0 fully saturated rings. The second kappa shape index (κ2) is 5.95. The van der Waals surface area contributed by atoms with E-state index in [1.165, 1.54) is 0 Å². The summed E-state index contributed by atoms with van der Waals surface area (Å²) < 4.78 is 6.55. The van der Waals surface area contributed by atoms with Crippen LogP contribution in [0.5, 0.6) is 11.5 Å². The van der Waals surface area contributed by atoms with Gasteiger partial charge in [0, 0.05) is 0 Å². The van der Waals surface area contributed by atoms with Crippen molar-refractivity contribution in [2.75, 3.05) is 0 Å². The Hall–Kier alpha value is -1.03. The van der Waals surface area contributed by atoms with Crippen molar-refractivity contribution in [1.29, 1.82) is 0 Å². The van der Waals surface area contributed by atoms with E-state index in [1.54, 1.807) is 6.92 Å². The molecule has 0 saturated carbocycles. The molecule has 2 aromatic carbocycles. The van der Waals surface area contributed by atoms with Crippen LogP contribution >= 0.6 is 27.5 Å². The Morgan fingerprint density at radius 2 is 1.84 bits per heavy atom. The molecular weight excluding hydrogens is 328 g/mol. The van der Waals surface area contributed by atoms with Gasteiger partial charge >= 0.3 is 0 Å². The quantitative estimate of drug-likeness (QED) is 0.825. The standard InChI is InChI=1S/C15H14BrClO2/c1-9-3-5-15(13(17)7-9)19-14-6-4-11(10(2)18)8-12(14)16/h3-8,10,18H,1-2H3/t10-/m1/s1. The molecule has 0 aliphatic heterocycles. The molecule has 0 bridgehead atoms. The van der Waals surface area contributed by atoms with E-state index in [0.29, 0.717) is 16.5 Å². The fourth-order valence-corrected chi connectivity index (χ4v) is 2.42. The molecule has 2 nitrogen and oxygen atoms in total. The summed E-state index contributed by atoms with van der Waals surface area (Å²) in [6.07, 6.45) is -0.506. The maximum absolute atomic E-state index is 9.52. The topological polar surface area (TPSA) is 29.5 Å².